The summed E-state index contributed by atoms with van der Waals surface area (Å²) in [4.78, 5) is 7.01. The molecule has 1 saturated heterocycles. The molecule has 3 aromatic rings. The molecule has 2 aliphatic rings. The van der Waals surface area contributed by atoms with Crippen LogP contribution in [-0.4, -0.2) is 34.3 Å². The Morgan fingerprint density at radius 3 is 2.73 bits per heavy atom. The standard InChI is InChI=1S/C26H25FN4O2/c27-21-14-17(15-28)8-9-19(21)16-33-24-7-3-6-22(29-24)18-10-12-31(13-11-18)25-20-4-1-2-5-23(20)30-26(25)32/h1-9,14,18,25-26,30,32H,10-13,16H2. The maximum Gasteiger partial charge on any atom is 0.213 e. The maximum absolute atomic E-state index is 14.1. The summed E-state index contributed by atoms with van der Waals surface area (Å²) >= 11 is 0. The van der Waals surface area contributed by atoms with E-state index in [1.165, 1.54) is 6.07 Å². The van der Waals surface area contributed by atoms with Crippen LogP contribution in [0.3, 0.4) is 0 Å². The lowest BCUT2D eigenvalue weighted by molar-refractivity contribution is 0.0576. The lowest BCUT2D eigenvalue weighted by Gasteiger charge is -2.37. The number of halogens is 1. The molecule has 1 fully saturated rings. The second-order valence-electron chi connectivity index (χ2n) is 8.54. The monoisotopic (exact) mass is 444 g/mol. The van der Waals surface area contributed by atoms with Gasteiger partial charge in [0.15, 0.2) is 0 Å². The lowest BCUT2D eigenvalue weighted by atomic mass is 9.91. The number of ether oxygens (including phenoxy) is 1. The van der Waals surface area contributed by atoms with Crippen LogP contribution in [0.1, 0.15) is 47.2 Å². The van der Waals surface area contributed by atoms with Gasteiger partial charge < -0.3 is 15.2 Å². The molecule has 6 nitrogen and oxygen atoms in total. The Hall–Kier alpha value is -3.47. The van der Waals surface area contributed by atoms with Crippen molar-refractivity contribution in [2.45, 2.75) is 37.6 Å². The molecule has 2 aliphatic heterocycles. The summed E-state index contributed by atoms with van der Waals surface area (Å²) in [5.74, 6) is 0.309. The van der Waals surface area contributed by atoms with Crippen LogP contribution in [0, 0.1) is 17.1 Å². The van der Waals surface area contributed by atoms with Gasteiger partial charge in [-0.05, 0) is 55.8 Å². The van der Waals surface area contributed by atoms with E-state index in [-0.39, 0.29) is 18.2 Å². The fraction of sp³-hybridized carbons (Fsp3) is 0.308. The number of nitrogens with zero attached hydrogens (tertiary/aromatic N) is 3. The SMILES string of the molecule is N#Cc1ccc(COc2cccc(C3CCN(C4c5ccccc5NC4O)CC3)n2)c(F)c1. The molecule has 0 radical (unpaired) electrons. The zero-order valence-electron chi connectivity index (χ0n) is 18.1. The van der Waals surface area contributed by atoms with E-state index in [2.05, 4.69) is 21.3 Å². The van der Waals surface area contributed by atoms with Crippen LogP contribution >= 0.6 is 0 Å². The van der Waals surface area contributed by atoms with Crippen molar-refractivity contribution in [3.05, 3.63) is 88.9 Å². The number of aliphatic hydroxyl groups excluding tert-OH is 1. The van der Waals surface area contributed by atoms with Gasteiger partial charge in [0.05, 0.1) is 17.7 Å². The van der Waals surface area contributed by atoms with Gasteiger partial charge in [-0.15, -0.1) is 0 Å². The molecule has 0 amide bonds. The largest absolute Gasteiger partial charge is 0.473 e. The van der Waals surface area contributed by atoms with Crippen LogP contribution in [-0.2, 0) is 6.61 Å². The average molecular weight is 445 g/mol. The molecule has 5 rings (SSSR count). The zero-order valence-corrected chi connectivity index (χ0v) is 18.1. The Bertz CT molecular complexity index is 1190. The van der Waals surface area contributed by atoms with Gasteiger partial charge in [0.2, 0.25) is 5.88 Å². The van der Waals surface area contributed by atoms with E-state index in [0.29, 0.717) is 17.4 Å². The molecule has 1 aromatic heterocycles. The highest BCUT2D eigenvalue weighted by Crippen LogP contribution is 2.40. The van der Waals surface area contributed by atoms with Crippen molar-refractivity contribution in [2.24, 2.45) is 0 Å². The molecule has 168 valence electrons. The fourth-order valence-corrected chi connectivity index (χ4v) is 4.79. The normalized spacial score (nSPS) is 20.6. The van der Waals surface area contributed by atoms with Crippen molar-refractivity contribution >= 4 is 5.69 Å². The molecule has 2 aromatic carbocycles. The van der Waals surface area contributed by atoms with E-state index in [9.17, 15) is 9.50 Å². The number of para-hydroxylation sites is 1. The van der Waals surface area contributed by atoms with Crippen molar-refractivity contribution < 1.29 is 14.2 Å². The third-order valence-corrected chi connectivity index (χ3v) is 6.53. The predicted molar refractivity (Wildman–Crippen MR) is 122 cm³/mol. The van der Waals surface area contributed by atoms with E-state index in [1.807, 2.05) is 36.4 Å². The summed E-state index contributed by atoms with van der Waals surface area (Å²) in [5.41, 5.74) is 3.79. The van der Waals surface area contributed by atoms with E-state index < -0.39 is 12.0 Å². The van der Waals surface area contributed by atoms with E-state index >= 15 is 0 Å². The number of anilines is 1. The van der Waals surface area contributed by atoms with Crippen LogP contribution < -0.4 is 10.1 Å². The van der Waals surface area contributed by atoms with Gasteiger partial charge in [-0.25, -0.2) is 9.37 Å². The maximum atomic E-state index is 14.1. The van der Waals surface area contributed by atoms with Gasteiger partial charge in [0, 0.05) is 28.9 Å². The van der Waals surface area contributed by atoms with E-state index in [0.717, 1.165) is 42.9 Å². The van der Waals surface area contributed by atoms with Crippen molar-refractivity contribution in [2.75, 3.05) is 18.4 Å². The second-order valence-corrected chi connectivity index (χ2v) is 8.54. The molecule has 2 atom stereocenters. The van der Waals surface area contributed by atoms with Gasteiger partial charge in [-0.2, -0.15) is 5.26 Å². The number of nitrogens with one attached hydrogen (secondary N) is 1. The Morgan fingerprint density at radius 2 is 1.94 bits per heavy atom. The first-order chi connectivity index (χ1) is 16.1. The minimum absolute atomic E-state index is 0.0351. The van der Waals surface area contributed by atoms with Crippen molar-refractivity contribution in [1.82, 2.24) is 9.88 Å². The van der Waals surface area contributed by atoms with Gasteiger partial charge in [-0.1, -0.05) is 30.3 Å². The van der Waals surface area contributed by atoms with Crippen LogP contribution in [0.15, 0.2) is 60.7 Å². The Morgan fingerprint density at radius 1 is 1.12 bits per heavy atom. The van der Waals surface area contributed by atoms with E-state index in [1.54, 1.807) is 18.2 Å². The van der Waals surface area contributed by atoms with Crippen molar-refractivity contribution in [3.63, 3.8) is 0 Å². The van der Waals surface area contributed by atoms with Gasteiger partial charge in [0.25, 0.3) is 0 Å². The van der Waals surface area contributed by atoms with Gasteiger partial charge in [-0.3, -0.25) is 4.90 Å². The first-order valence-corrected chi connectivity index (χ1v) is 11.2. The number of hydrogen-bond acceptors (Lipinski definition) is 6. The summed E-state index contributed by atoms with van der Waals surface area (Å²) in [7, 11) is 0. The third-order valence-electron chi connectivity index (χ3n) is 6.53. The number of pyridine rings is 1. The lowest BCUT2D eigenvalue weighted by Crippen LogP contribution is -2.41. The predicted octanol–water partition coefficient (Wildman–Crippen LogP) is 4.34. The number of likely N-dealkylation sites (tertiary alicyclic amines) is 1. The van der Waals surface area contributed by atoms with Crippen LogP contribution in [0.2, 0.25) is 0 Å². The molecule has 2 N–H and O–H groups in total. The second kappa shape index (κ2) is 9.18. The molecule has 2 unspecified atom stereocenters. The number of aromatic nitrogens is 1. The average Bonchev–Trinajstić information content (AvgIpc) is 3.19. The summed E-state index contributed by atoms with van der Waals surface area (Å²) in [6.45, 7) is 1.79. The van der Waals surface area contributed by atoms with Gasteiger partial charge >= 0.3 is 0 Å². The molecule has 0 bridgehead atoms. The number of benzene rings is 2. The van der Waals surface area contributed by atoms with Crippen LogP contribution in [0.25, 0.3) is 0 Å². The molecular weight excluding hydrogens is 419 g/mol. The molecule has 3 heterocycles. The Balaban J connectivity index is 1.21. The number of fused-ring (bicyclic) bond motifs is 1. The summed E-state index contributed by atoms with van der Waals surface area (Å²) in [6, 6.07) is 20.0. The first-order valence-electron chi connectivity index (χ1n) is 11.2. The van der Waals surface area contributed by atoms with E-state index in [4.69, 9.17) is 10.00 Å². The number of hydrogen-bond donors (Lipinski definition) is 2. The highest BCUT2D eigenvalue weighted by Gasteiger charge is 2.37. The van der Waals surface area contributed by atoms with Gasteiger partial charge in [0.1, 0.15) is 18.7 Å². The molecular formula is C26H25FN4O2. The summed E-state index contributed by atoms with van der Waals surface area (Å²) in [6.07, 6.45) is 1.27. The third kappa shape index (κ3) is 4.40. The van der Waals surface area contributed by atoms with Crippen molar-refractivity contribution in [3.8, 4) is 11.9 Å². The topological polar surface area (TPSA) is 81.4 Å². The minimum atomic E-state index is -0.601. The first kappa shape index (κ1) is 21.4. The molecule has 0 aliphatic carbocycles. The number of nitriles is 1. The Kier molecular flexibility index (Phi) is 5.95. The smallest absolute Gasteiger partial charge is 0.213 e. The molecule has 7 heteroatoms. The molecule has 0 saturated carbocycles. The number of rotatable bonds is 5. The van der Waals surface area contributed by atoms with Crippen molar-refractivity contribution in [1.29, 1.82) is 5.26 Å². The Labute approximate surface area is 192 Å². The van der Waals surface area contributed by atoms with Crippen LogP contribution in [0.4, 0.5) is 10.1 Å². The minimum Gasteiger partial charge on any atom is -0.473 e. The number of aliphatic hydroxyl groups is 1. The van der Waals surface area contributed by atoms with Crippen LogP contribution in [0.5, 0.6) is 5.88 Å². The quantitative estimate of drug-likeness (QED) is 0.610. The molecule has 33 heavy (non-hydrogen) atoms. The fourth-order valence-electron chi connectivity index (χ4n) is 4.79. The highest BCUT2D eigenvalue weighted by molar-refractivity contribution is 5.58. The molecule has 0 spiro atoms. The zero-order chi connectivity index (χ0) is 22.8. The summed E-state index contributed by atoms with van der Waals surface area (Å²) < 4.78 is 19.9. The highest BCUT2D eigenvalue weighted by atomic mass is 19.1. The number of piperidine rings is 1. The summed E-state index contributed by atoms with van der Waals surface area (Å²) in [5, 5.41) is 22.6.